The van der Waals surface area contributed by atoms with Crippen molar-refractivity contribution < 1.29 is 33.3 Å². The van der Waals surface area contributed by atoms with Crippen LogP contribution in [-0.2, 0) is 33.3 Å². The average Bonchev–Trinajstić information content (AvgIpc) is 3.02. The summed E-state index contributed by atoms with van der Waals surface area (Å²) in [5, 5.41) is 0. The standard InChI is InChI=1S/C26H32O7/c1-8-32-22(27)19-12-25(5)14-26(23(28)30-6,24(29)31-7)13-20(25)21(33-17(19)4)18-10-15(2)9-16(3)11-18/h9-11H,8,12-14H2,1-7H3. The second-order valence-corrected chi connectivity index (χ2v) is 9.20. The number of allylic oxidation sites excluding steroid dienone is 2. The van der Waals surface area contributed by atoms with E-state index in [1.54, 1.807) is 13.8 Å². The highest BCUT2D eigenvalue weighted by molar-refractivity contribution is 6.02. The predicted octanol–water partition coefficient (Wildman–Crippen LogP) is 4.40. The van der Waals surface area contributed by atoms with E-state index < -0.39 is 28.7 Å². The molecule has 1 fully saturated rings. The van der Waals surface area contributed by atoms with Crippen LogP contribution in [0.3, 0.4) is 0 Å². The van der Waals surface area contributed by atoms with E-state index in [-0.39, 0.29) is 25.9 Å². The fraction of sp³-hybridized carbons (Fsp3) is 0.500. The molecule has 1 aliphatic heterocycles. The number of ether oxygens (including phenoxy) is 4. The predicted molar refractivity (Wildman–Crippen MR) is 122 cm³/mol. The maximum atomic E-state index is 13.0. The summed E-state index contributed by atoms with van der Waals surface area (Å²) in [7, 11) is 2.51. The molecule has 0 saturated heterocycles. The number of carbonyl (C=O) groups is 3. The van der Waals surface area contributed by atoms with Crippen LogP contribution < -0.4 is 0 Å². The number of methoxy groups -OCH3 is 2. The van der Waals surface area contributed by atoms with Crippen LogP contribution in [-0.4, -0.2) is 38.7 Å². The van der Waals surface area contributed by atoms with Crippen LogP contribution >= 0.6 is 0 Å². The smallest absolute Gasteiger partial charge is 0.337 e. The molecule has 33 heavy (non-hydrogen) atoms. The van der Waals surface area contributed by atoms with Crippen LogP contribution in [0, 0.1) is 24.7 Å². The SMILES string of the molecule is CCOC(=O)C1=C(C)OC(c2cc(C)cc(C)c2)=C2CC(C(=O)OC)(C(=O)OC)CC2(C)C1. The Labute approximate surface area is 194 Å². The lowest BCUT2D eigenvalue weighted by atomic mass is 9.75. The maximum absolute atomic E-state index is 13.0. The van der Waals surface area contributed by atoms with Crippen molar-refractivity contribution in [2.75, 3.05) is 20.8 Å². The number of carbonyl (C=O) groups excluding carboxylic acids is 3. The molecule has 1 aromatic carbocycles. The first-order valence-electron chi connectivity index (χ1n) is 11.0. The van der Waals surface area contributed by atoms with Gasteiger partial charge in [0.05, 0.1) is 26.4 Å². The zero-order valence-corrected chi connectivity index (χ0v) is 20.4. The molecule has 2 aliphatic rings. The lowest BCUT2D eigenvalue weighted by molar-refractivity contribution is -0.169. The molecule has 0 bridgehead atoms. The van der Waals surface area contributed by atoms with E-state index in [0.717, 1.165) is 22.3 Å². The van der Waals surface area contributed by atoms with Gasteiger partial charge in [0, 0.05) is 5.56 Å². The molecular weight excluding hydrogens is 424 g/mol. The van der Waals surface area contributed by atoms with Crippen LogP contribution in [0.5, 0.6) is 0 Å². The molecule has 1 unspecified atom stereocenters. The molecule has 0 amide bonds. The Morgan fingerprint density at radius 2 is 1.55 bits per heavy atom. The second-order valence-electron chi connectivity index (χ2n) is 9.20. The maximum Gasteiger partial charge on any atom is 0.337 e. The van der Waals surface area contributed by atoms with Gasteiger partial charge in [0.1, 0.15) is 11.5 Å². The summed E-state index contributed by atoms with van der Waals surface area (Å²) in [5.41, 5.74) is 1.82. The van der Waals surface area contributed by atoms with Crippen LogP contribution in [0.2, 0.25) is 0 Å². The number of rotatable bonds is 5. The Morgan fingerprint density at radius 3 is 2.06 bits per heavy atom. The van der Waals surface area contributed by atoms with E-state index in [1.165, 1.54) is 14.2 Å². The van der Waals surface area contributed by atoms with Gasteiger partial charge < -0.3 is 18.9 Å². The monoisotopic (exact) mass is 456 g/mol. The Morgan fingerprint density at radius 1 is 0.970 bits per heavy atom. The van der Waals surface area contributed by atoms with Gasteiger partial charge in [0.25, 0.3) is 0 Å². The summed E-state index contributed by atoms with van der Waals surface area (Å²) in [6, 6.07) is 6.04. The minimum atomic E-state index is -1.52. The number of hydrogen-bond acceptors (Lipinski definition) is 7. The largest absolute Gasteiger partial charge is 0.468 e. The number of esters is 3. The molecule has 1 aliphatic carbocycles. The van der Waals surface area contributed by atoms with Gasteiger partial charge >= 0.3 is 17.9 Å². The zero-order valence-electron chi connectivity index (χ0n) is 20.4. The third-order valence-corrected chi connectivity index (χ3v) is 6.58. The molecular formula is C26H32O7. The van der Waals surface area contributed by atoms with Gasteiger partial charge in [-0.05, 0) is 70.1 Å². The fourth-order valence-electron chi connectivity index (χ4n) is 5.20. The lowest BCUT2D eigenvalue weighted by Gasteiger charge is -2.28. The van der Waals surface area contributed by atoms with Crippen molar-refractivity contribution in [1.82, 2.24) is 0 Å². The molecule has 1 heterocycles. The van der Waals surface area contributed by atoms with Gasteiger partial charge in [0.15, 0.2) is 5.41 Å². The van der Waals surface area contributed by atoms with Gasteiger partial charge in [-0.25, -0.2) is 4.79 Å². The summed E-state index contributed by atoms with van der Waals surface area (Å²) in [5.74, 6) is -0.780. The Hall–Kier alpha value is -3.09. The number of fused-ring (bicyclic) bond motifs is 1. The van der Waals surface area contributed by atoms with Gasteiger partial charge in [-0.15, -0.1) is 0 Å². The molecule has 1 saturated carbocycles. The molecule has 1 atom stereocenters. The summed E-state index contributed by atoms with van der Waals surface area (Å²) in [6.07, 6.45) is 0.466. The van der Waals surface area contributed by atoms with Crippen molar-refractivity contribution >= 4 is 23.7 Å². The van der Waals surface area contributed by atoms with Gasteiger partial charge in [-0.1, -0.05) is 24.1 Å². The summed E-state index contributed by atoms with van der Waals surface area (Å²) in [6.45, 7) is 9.64. The van der Waals surface area contributed by atoms with E-state index in [9.17, 15) is 14.4 Å². The van der Waals surface area contributed by atoms with E-state index in [0.29, 0.717) is 17.1 Å². The topological polar surface area (TPSA) is 88.1 Å². The first kappa shape index (κ1) is 24.6. The van der Waals surface area contributed by atoms with E-state index in [1.807, 2.05) is 32.9 Å². The van der Waals surface area contributed by atoms with Gasteiger partial charge in [-0.3, -0.25) is 9.59 Å². The van der Waals surface area contributed by atoms with Crippen molar-refractivity contribution in [3.63, 3.8) is 0 Å². The number of benzene rings is 1. The van der Waals surface area contributed by atoms with Crippen molar-refractivity contribution in [3.05, 3.63) is 51.8 Å². The van der Waals surface area contributed by atoms with Crippen LogP contribution in [0.4, 0.5) is 0 Å². The lowest BCUT2D eigenvalue weighted by Crippen LogP contribution is -2.40. The molecule has 7 nitrogen and oxygen atoms in total. The molecule has 178 valence electrons. The first-order valence-corrected chi connectivity index (χ1v) is 11.0. The zero-order chi connectivity index (χ0) is 24.6. The Bertz CT molecular complexity index is 1030. The fourth-order valence-corrected chi connectivity index (χ4v) is 5.20. The minimum Gasteiger partial charge on any atom is -0.468 e. The van der Waals surface area contributed by atoms with Crippen molar-refractivity contribution in [3.8, 4) is 0 Å². The van der Waals surface area contributed by atoms with Gasteiger partial charge in [0.2, 0.25) is 0 Å². The highest BCUT2D eigenvalue weighted by atomic mass is 16.5. The molecule has 0 N–H and O–H groups in total. The second kappa shape index (κ2) is 9.04. The number of hydrogen-bond donors (Lipinski definition) is 0. The van der Waals surface area contributed by atoms with Crippen LogP contribution in [0.1, 0.15) is 56.7 Å². The quantitative estimate of drug-likeness (QED) is 0.368. The number of aryl methyl sites for hydroxylation is 2. The van der Waals surface area contributed by atoms with Gasteiger partial charge in [-0.2, -0.15) is 0 Å². The molecule has 0 radical (unpaired) electrons. The van der Waals surface area contributed by atoms with Crippen LogP contribution in [0.15, 0.2) is 35.1 Å². The molecule has 0 aromatic heterocycles. The average molecular weight is 457 g/mol. The van der Waals surface area contributed by atoms with E-state index >= 15 is 0 Å². The normalized spacial score (nSPS) is 21.7. The van der Waals surface area contributed by atoms with Crippen LogP contribution in [0.25, 0.3) is 5.76 Å². The molecule has 3 rings (SSSR count). The summed E-state index contributed by atoms with van der Waals surface area (Å²) < 4.78 is 21.7. The molecule has 0 spiro atoms. The highest BCUT2D eigenvalue weighted by Gasteiger charge is 2.61. The highest BCUT2D eigenvalue weighted by Crippen LogP contribution is 2.60. The molecule has 7 heteroatoms. The first-order chi connectivity index (χ1) is 15.5. The van der Waals surface area contributed by atoms with Crippen molar-refractivity contribution in [2.45, 2.75) is 53.9 Å². The summed E-state index contributed by atoms with van der Waals surface area (Å²) >= 11 is 0. The minimum absolute atomic E-state index is 0.0779. The van der Waals surface area contributed by atoms with Crippen molar-refractivity contribution in [2.24, 2.45) is 10.8 Å². The Balaban J connectivity index is 2.29. The summed E-state index contributed by atoms with van der Waals surface area (Å²) in [4.78, 5) is 38.7. The van der Waals surface area contributed by atoms with Crippen molar-refractivity contribution in [1.29, 1.82) is 0 Å². The van der Waals surface area contributed by atoms with E-state index in [2.05, 4.69) is 6.07 Å². The third-order valence-electron chi connectivity index (χ3n) is 6.58. The Kier molecular flexibility index (Phi) is 6.73. The van der Waals surface area contributed by atoms with E-state index in [4.69, 9.17) is 18.9 Å². The molecule has 1 aromatic rings. The third kappa shape index (κ3) is 4.28.